The molecule has 1 aromatic carbocycles. The average Bonchev–Trinajstić information content (AvgIpc) is 2.67. The smallest absolute Gasteiger partial charge is 0.409 e. The molecule has 6 nitrogen and oxygen atoms in total. The van der Waals surface area contributed by atoms with Crippen molar-refractivity contribution in [2.75, 3.05) is 32.8 Å². The fourth-order valence-electron chi connectivity index (χ4n) is 3.16. The van der Waals surface area contributed by atoms with E-state index in [1.165, 1.54) is 5.56 Å². The number of hydrogen-bond acceptors (Lipinski definition) is 4. The lowest BCUT2D eigenvalue weighted by Crippen LogP contribution is -2.46. The minimum atomic E-state index is -0.263. The first-order chi connectivity index (χ1) is 12.6. The second-order valence-corrected chi connectivity index (χ2v) is 6.59. The van der Waals surface area contributed by atoms with E-state index in [0.717, 1.165) is 32.5 Å². The van der Waals surface area contributed by atoms with E-state index in [2.05, 4.69) is 24.1 Å². The largest absolute Gasteiger partial charge is 0.450 e. The van der Waals surface area contributed by atoms with E-state index in [-0.39, 0.29) is 18.0 Å². The van der Waals surface area contributed by atoms with Gasteiger partial charge in [-0.2, -0.15) is 0 Å². The van der Waals surface area contributed by atoms with Crippen LogP contribution in [0.15, 0.2) is 24.3 Å². The number of amides is 2. The van der Waals surface area contributed by atoms with Crippen LogP contribution in [0.4, 0.5) is 4.79 Å². The van der Waals surface area contributed by atoms with Gasteiger partial charge in [0, 0.05) is 31.2 Å². The summed E-state index contributed by atoms with van der Waals surface area (Å²) in [5, 5.41) is 3.08. The first-order valence-corrected chi connectivity index (χ1v) is 9.61. The molecule has 1 aliphatic rings. The third-order valence-corrected chi connectivity index (χ3v) is 4.87. The molecule has 0 unspecified atom stereocenters. The Labute approximate surface area is 156 Å². The van der Waals surface area contributed by atoms with Gasteiger partial charge in [-0.3, -0.25) is 9.69 Å². The summed E-state index contributed by atoms with van der Waals surface area (Å²) in [6.45, 7) is 10.7. The summed E-state index contributed by atoms with van der Waals surface area (Å²) in [7, 11) is 0. The molecule has 0 spiro atoms. The highest BCUT2D eigenvalue weighted by atomic mass is 16.6. The van der Waals surface area contributed by atoms with Crippen LogP contribution in [0.25, 0.3) is 0 Å². The lowest BCUT2D eigenvalue weighted by Gasteiger charge is -2.31. The SMILES string of the molecule is CCOC(=O)N1CCC(NC(=O)c2ccc(CN(CC)CC)cc2)CC1. The van der Waals surface area contributed by atoms with E-state index in [0.29, 0.717) is 25.3 Å². The average molecular weight is 361 g/mol. The molecule has 0 atom stereocenters. The molecule has 1 heterocycles. The highest BCUT2D eigenvalue weighted by molar-refractivity contribution is 5.94. The summed E-state index contributed by atoms with van der Waals surface area (Å²) >= 11 is 0. The number of carbonyl (C=O) groups is 2. The number of nitrogens with zero attached hydrogens (tertiary/aromatic N) is 2. The van der Waals surface area contributed by atoms with Crippen molar-refractivity contribution in [3.8, 4) is 0 Å². The van der Waals surface area contributed by atoms with E-state index in [4.69, 9.17) is 4.74 Å². The Kier molecular flexibility index (Phi) is 7.91. The second kappa shape index (κ2) is 10.2. The maximum atomic E-state index is 12.4. The first kappa shape index (κ1) is 20.2. The molecule has 2 rings (SSSR count). The molecular weight excluding hydrogens is 330 g/mol. The zero-order valence-corrected chi connectivity index (χ0v) is 16.2. The number of likely N-dealkylation sites (tertiary alicyclic amines) is 1. The molecule has 0 aromatic heterocycles. The molecular formula is C20H31N3O3. The van der Waals surface area contributed by atoms with Crippen LogP contribution in [-0.2, 0) is 11.3 Å². The second-order valence-electron chi connectivity index (χ2n) is 6.59. The van der Waals surface area contributed by atoms with Crippen molar-refractivity contribution in [2.24, 2.45) is 0 Å². The van der Waals surface area contributed by atoms with Crippen molar-refractivity contribution in [3.05, 3.63) is 35.4 Å². The molecule has 1 aromatic rings. The van der Waals surface area contributed by atoms with E-state index in [1.54, 1.807) is 11.8 Å². The Morgan fingerprint density at radius 2 is 1.73 bits per heavy atom. The highest BCUT2D eigenvalue weighted by Gasteiger charge is 2.24. The van der Waals surface area contributed by atoms with Gasteiger partial charge in [-0.05, 0) is 50.6 Å². The Balaban J connectivity index is 1.82. The highest BCUT2D eigenvalue weighted by Crippen LogP contribution is 2.13. The Morgan fingerprint density at radius 3 is 2.27 bits per heavy atom. The molecule has 2 amide bonds. The predicted octanol–water partition coefficient (Wildman–Crippen LogP) is 2.88. The standard InChI is InChI=1S/C20H31N3O3/c1-4-22(5-2)15-16-7-9-17(10-8-16)19(24)21-18-11-13-23(14-12-18)20(25)26-6-3/h7-10,18H,4-6,11-15H2,1-3H3,(H,21,24). The molecule has 1 aliphatic heterocycles. The molecule has 26 heavy (non-hydrogen) atoms. The van der Waals surface area contributed by atoms with Gasteiger partial charge in [0.15, 0.2) is 0 Å². The molecule has 0 radical (unpaired) electrons. The normalized spacial score (nSPS) is 15.2. The van der Waals surface area contributed by atoms with Crippen LogP contribution < -0.4 is 5.32 Å². The molecule has 0 aliphatic carbocycles. The molecule has 0 saturated carbocycles. The molecule has 0 bridgehead atoms. The third kappa shape index (κ3) is 5.73. The molecule has 6 heteroatoms. The number of piperidine rings is 1. The zero-order valence-electron chi connectivity index (χ0n) is 16.2. The topological polar surface area (TPSA) is 61.9 Å². The van der Waals surface area contributed by atoms with Crippen molar-refractivity contribution in [3.63, 3.8) is 0 Å². The van der Waals surface area contributed by atoms with Crippen LogP contribution in [0.3, 0.4) is 0 Å². The lowest BCUT2D eigenvalue weighted by molar-refractivity contribution is 0.0860. The van der Waals surface area contributed by atoms with Crippen LogP contribution in [0.5, 0.6) is 0 Å². The summed E-state index contributed by atoms with van der Waals surface area (Å²) in [6, 6.07) is 7.93. The van der Waals surface area contributed by atoms with Crippen molar-refractivity contribution in [2.45, 2.75) is 46.2 Å². The fourth-order valence-corrected chi connectivity index (χ4v) is 3.16. The minimum absolute atomic E-state index is 0.0472. The molecule has 1 N–H and O–H groups in total. The van der Waals surface area contributed by atoms with E-state index < -0.39 is 0 Å². The molecule has 144 valence electrons. The van der Waals surface area contributed by atoms with Gasteiger partial charge in [0.05, 0.1) is 6.61 Å². The quantitative estimate of drug-likeness (QED) is 0.811. The predicted molar refractivity (Wildman–Crippen MR) is 102 cm³/mol. The monoisotopic (exact) mass is 361 g/mol. The van der Waals surface area contributed by atoms with E-state index in [1.807, 2.05) is 24.3 Å². The molecule has 1 saturated heterocycles. The van der Waals surface area contributed by atoms with Crippen molar-refractivity contribution < 1.29 is 14.3 Å². The first-order valence-electron chi connectivity index (χ1n) is 9.61. The number of rotatable bonds is 7. The van der Waals surface area contributed by atoms with Gasteiger partial charge in [0.1, 0.15) is 0 Å². The Hall–Kier alpha value is -2.08. The van der Waals surface area contributed by atoms with Crippen LogP contribution in [0, 0.1) is 0 Å². The van der Waals surface area contributed by atoms with Crippen LogP contribution in [-0.4, -0.2) is 60.6 Å². The van der Waals surface area contributed by atoms with Crippen LogP contribution in [0.1, 0.15) is 49.5 Å². The van der Waals surface area contributed by atoms with Gasteiger partial charge in [0.25, 0.3) is 5.91 Å². The number of carbonyl (C=O) groups excluding carboxylic acids is 2. The van der Waals surface area contributed by atoms with Crippen molar-refractivity contribution >= 4 is 12.0 Å². The van der Waals surface area contributed by atoms with Crippen LogP contribution >= 0.6 is 0 Å². The zero-order chi connectivity index (χ0) is 18.9. The Morgan fingerprint density at radius 1 is 1.12 bits per heavy atom. The van der Waals surface area contributed by atoms with Gasteiger partial charge in [-0.1, -0.05) is 26.0 Å². The fraction of sp³-hybridized carbons (Fsp3) is 0.600. The minimum Gasteiger partial charge on any atom is -0.450 e. The van der Waals surface area contributed by atoms with Crippen molar-refractivity contribution in [1.82, 2.24) is 15.1 Å². The molecule has 1 fully saturated rings. The van der Waals surface area contributed by atoms with Crippen molar-refractivity contribution in [1.29, 1.82) is 0 Å². The van der Waals surface area contributed by atoms with Gasteiger partial charge in [-0.25, -0.2) is 4.79 Å². The van der Waals surface area contributed by atoms with Gasteiger partial charge in [-0.15, -0.1) is 0 Å². The Bertz CT molecular complexity index is 576. The maximum Gasteiger partial charge on any atom is 0.409 e. The third-order valence-electron chi connectivity index (χ3n) is 4.87. The maximum absolute atomic E-state index is 12.4. The van der Waals surface area contributed by atoms with Crippen LogP contribution in [0.2, 0.25) is 0 Å². The van der Waals surface area contributed by atoms with Gasteiger partial charge >= 0.3 is 6.09 Å². The summed E-state index contributed by atoms with van der Waals surface area (Å²) in [5.41, 5.74) is 1.90. The number of benzene rings is 1. The summed E-state index contributed by atoms with van der Waals surface area (Å²) in [5.74, 6) is -0.0472. The number of ether oxygens (including phenoxy) is 1. The van der Waals surface area contributed by atoms with Gasteiger partial charge < -0.3 is 15.0 Å². The lowest BCUT2D eigenvalue weighted by atomic mass is 10.0. The van der Waals surface area contributed by atoms with E-state index in [9.17, 15) is 9.59 Å². The number of hydrogen-bond donors (Lipinski definition) is 1. The summed E-state index contributed by atoms with van der Waals surface area (Å²) in [6.07, 6.45) is 1.25. The summed E-state index contributed by atoms with van der Waals surface area (Å²) in [4.78, 5) is 28.2. The van der Waals surface area contributed by atoms with E-state index >= 15 is 0 Å². The summed E-state index contributed by atoms with van der Waals surface area (Å²) < 4.78 is 5.02. The number of nitrogens with one attached hydrogen (secondary N) is 1. The van der Waals surface area contributed by atoms with Gasteiger partial charge in [0.2, 0.25) is 0 Å².